The first kappa shape index (κ1) is 14.0. The second-order valence-electron chi connectivity index (χ2n) is 4.80. The molecule has 1 aromatic carbocycles. The van der Waals surface area contributed by atoms with Gasteiger partial charge in [0.2, 0.25) is 0 Å². The Labute approximate surface area is 114 Å². The average Bonchev–Trinajstić information content (AvgIpc) is 2.92. The van der Waals surface area contributed by atoms with Crippen LogP contribution in [-0.2, 0) is 4.74 Å². The number of ether oxygens (including phenoxy) is 2. The minimum Gasteiger partial charge on any atom is -0.497 e. The van der Waals surface area contributed by atoms with Gasteiger partial charge in [-0.05, 0) is 25.1 Å². The van der Waals surface area contributed by atoms with Crippen LogP contribution >= 0.6 is 0 Å². The lowest BCUT2D eigenvalue weighted by molar-refractivity contribution is 0.0891. The number of carbonyl (C=O) groups excluding carboxylic acids is 1. The average molecular weight is 263 g/mol. The lowest BCUT2D eigenvalue weighted by atomic mass is 9.93. The molecule has 4 heteroatoms. The van der Waals surface area contributed by atoms with E-state index in [1.54, 1.807) is 13.2 Å². The van der Waals surface area contributed by atoms with Gasteiger partial charge in [-0.25, -0.2) is 0 Å². The maximum atomic E-state index is 12.5. The monoisotopic (exact) mass is 263 g/mol. The fraction of sp³-hybridized carbons (Fsp3) is 0.533. The van der Waals surface area contributed by atoms with E-state index in [-0.39, 0.29) is 17.7 Å². The van der Waals surface area contributed by atoms with Crippen LogP contribution in [0.4, 0.5) is 0 Å². The van der Waals surface area contributed by atoms with Crippen molar-refractivity contribution in [2.45, 2.75) is 19.4 Å². The Hall–Kier alpha value is -1.39. The highest BCUT2D eigenvalue weighted by molar-refractivity contribution is 5.98. The summed E-state index contributed by atoms with van der Waals surface area (Å²) >= 11 is 0. The minimum absolute atomic E-state index is 0.0985. The molecule has 1 aliphatic heterocycles. The van der Waals surface area contributed by atoms with Crippen LogP contribution in [0.2, 0.25) is 0 Å². The molecule has 1 N–H and O–H groups in total. The van der Waals surface area contributed by atoms with Gasteiger partial charge in [-0.1, -0.05) is 19.1 Å². The zero-order valence-electron chi connectivity index (χ0n) is 11.5. The molecule has 0 bridgehead atoms. The highest BCUT2D eigenvalue weighted by Gasteiger charge is 2.34. The number of nitrogens with one attached hydrogen (secondary N) is 1. The summed E-state index contributed by atoms with van der Waals surface area (Å²) < 4.78 is 10.6. The van der Waals surface area contributed by atoms with Crippen molar-refractivity contribution in [1.29, 1.82) is 0 Å². The topological polar surface area (TPSA) is 47.6 Å². The van der Waals surface area contributed by atoms with Crippen molar-refractivity contribution in [3.8, 4) is 5.75 Å². The fourth-order valence-corrected chi connectivity index (χ4v) is 2.33. The number of ketones is 1. The van der Waals surface area contributed by atoms with Gasteiger partial charge in [0.1, 0.15) is 5.75 Å². The smallest absolute Gasteiger partial charge is 0.170 e. The van der Waals surface area contributed by atoms with Crippen molar-refractivity contribution in [2.75, 3.05) is 26.9 Å². The maximum absolute atomic E-state index is 12.5. The van der Waals surface area contributed by atoms with Crippen molar-refractivity contribution in [1.82, 2.24) is 5.32 Å². The molecular formula is C15H21NO3. The van der Waals surface area contributed by atoms with E-state index in [1.807, 2.05) is 18.2 Å². The zero-order chi connectivity index (χ0) is 13.7. The van der Waals surface area contributed by atoms with Crippen LogP contribution in [-0.4, -0.2) is 38.7 Å². The Kier molecular flexibility index (Phi) is 4.93. The summed E-state index contributed by atoms with van der Waals surface area (Å²) in [7, 11) is 1.61. The van der Waals surface area contributed by atoms with E-state index in [2.05, 4.69) is 12.2 Å². The van der Waals surface area contributed by atoms with Crippen LogP contribution in [0.25, 0.3) is 0 Å². The SMILES string of the molecule is CCCNC1COCC1C(=O)c1cccc(OC)c1. The second-order valence-corrected chi connectivity index (χ2v) is 4.80. The molecule has 0 amide bonds. The van der Waals surface area contributed by atoms with Gasteiger partial charge in [0.05, 0.1) is 26.2 Å². The molecule has 0 aromatic heterocycles. The van der Waals surface area contributed by atoms with Crippen LogP contribution in [0, 0.1) is 5.92 Å². The van der Waals surface area contributed by atoms with Gasteiger partial charge < -0.3 is 14.8 Å². The van der Waals surface area contributed by atoms with Gasteiger partial charge in [-0.2, -0.15) is 0 Å². The molecule has 1 aromatic rings. The Morgan fingerprint density at radius 1 is 1.47 bits per heavy atom. The fourth-order valence-electron chi connectivity index (χ4n) is 2.33. The van der Waals surface area contributed by atoms with Gasteiger partial charge >= 0.3 is 0 Å². The van der Waals surface area contributed by atoms with E-state index >= 15 is 0 Å². The summed E-state index contributed by atoms with van der Waals surface area (Å²) in [5.41, 5.74) is 0.693. The Bertz CT molecular complexity index is 433. The molecular weight excluding hydrogens is 242 g/mol. The predicted octanol–water partition coefficient (Wildman–Crippen LogP) is 1.89. The lowest BCUT2D eigenvalue weighted by Crippen LogP contribution is -2.39. The van der Waals surface area contributed by atoms with Crippen LogP contribution in [0.1, 0.15) is 23.7 Å². The van der Waals surface area contributed by atoms with E-state index < -0.39 is 0 Å². The molecule has 4 nitrogen and oxygen atoms in total. The van der Waals surface area contributed by atoms with Gasteiger partial charge in [0.25, 0.3) is 0 Å². The van der Waals surface area contributed by atoms with Crippen LogP contribution in [0.15, 0.2) is 24.3 Å². The summed E-state index contributed by atoms with van der Waals surface area (Å²) in [5, 5.41) is 3.38. The van der Waals surface area contributed by atoms with Crippen molar-refractivity contribution in [2.24, 2.45) is 5.92 Å². The first-order valence-electron chi connectivity index (χ1n) is 6.75. The van der Waals surface area contributed by atoms with Crippen LogP contribution < -0.4 is 10.1 Å². The van der Waals surface area contributed by atoms with Crippen LogP contribution in [0.3, 0.4) is 0 Å². The number of hydrogen-bond donors (Lipinski definition) is 1. The largest absolute Gasteiger partial charge is 0.497 e. The first-order valence-corrected chi connectivity index (χ1v) is 6.75. The molecule has 2 rings (SSSR count). The molecule has 1 saturated heterocycles. The van der Waals surface area contributed by atoms with Gasteiger partial charge in [0.15, 0.2) is 5.78 Å². The number of benzene rings is 1. The first-order chi connectivity index (χ1) is 9.26. The maximum Gasteiger partial charge on any atom is 0.170 e. The van der Waals surface area contributed by atoms with E-state index in [9.17, 15) is 4.79 Å². The molecule has 1 fully saturated rings. The van der Waals surface area contributed by atoms with Gasteiger partial charge in [-0.3, -0.25) is 4.79 Å². The van der Waals surface area contributed by atoms with E-state index in [4.69, 9.17) is 9.47 Å². The van der Waals surface area contributed by atoms with E-state index in [1.165, 1.54) is 0 Å². The van der Waals surface area contributed by atoms with Crippen molar-refractivity contribution in [3.63, 3.8) is 0 Å². The zero-order valence-corrected chi connectivity index (χ0v) is 11.5. The summed E-state index contributed by atoms with van der Waals surface area (Å²) in [6.45, 7) is 4.13. The highest BCUT2D eigenvalue weighted by atomic mass is 16.5. The quantitative estimate of drug-likeness (QED) is 0.796. The van der Waals surface area contributed by atoms with Crippen molar-refractivity contribution < 1.29 is 14.3 Å². The second kappa shape index (κ2) is 6.68. The third-order valence-corrected chi connectivity index (χ3v) is 3.43. The molecule has 2 unspecified atom stereocenters. The summed E-state index contributed by atoms with van der Waals surface area (Å²) in [6.07, 6.45) is 1.05. The number of methoxy groups -OCH3 is 1. The molecule has 19 heavy (non-hydrogen) atoms. The van der Waals surface area contributed by atoms with E-state index in [0.717, 1.165) is 13.0 Å². The molecule has 0 radical (unpaired) electrons. The number of Topliss-reactive ketones (excluding diaryl/α,β-unsaturated/α-hetero) is 1. The van der Waals surface area contributed by atoms with Gasteiger partial charge in [-0.15, -0.1) is 0 Å². The Morgan fingerprint density at radius 2 is 2.32 bits per heavy atom. The molecule has 1 aliphatic rings. The standard InChI is InChI=1S/C15H21NO3/c1-3-7-16-14-10-19-9-13(14)15(17)11-5-4-6-12(8-11)18-2/h4-6,8,13-14,16H,3,7,9-10H2,1-2H3. The lowest BCUT2D eigenvalue weighted by Gasteiger charge is -2.18. The molecule has 2 atom stereocenters. The molecule has 0 aliphatic carbocycles. The molecule has 1 heterocycles. The summed E-state index contributed by atoms with van der Waals surface area (Å²) in [4.78, 5) is 12.5. The normalized spacial score (nSPS) is 22.4. The Balaban J connectivity index is 2.09. The highest BCUT2D eigenvalue weighted by Crippen LogP contribution is 2.22. The molecule has 0 saturated carbocycles. The third kappa shape index (κ3) is 3.33. The summed E-state index contributed by atoms with van der Waals surface area (Å²) in [5.74, 6) is 0.742. The minimum atomic E-state index is -0.0985. The van der Waals surface area contributed by atoms with Crippen molar-refractivity contribution >= 4 is 5.78 Å². The number of carbonyl (C=O) groups is 1. The third-order valence-electron chi connectivity index (χ3n) is 3.43. The molecule has 0 spiro atoms. The summed E-state index contributed by atoms with van der Waals surface area (Å²) in [6, 6.07) is 7.43. The van der Waals surface area contributed by atoms with Gasteiger partial charge in [0, 0.05) is 11.6 Å². The van der Waals surface area contributed by atoms with E-state index in [0.29, 0.717) is 24.5 Å². The Morgan fingerprint density at radius 3 is 3.05 bits per heavy atom. The van der Waals surface area contributed by atoms with Crippen molar-refractivity contribution in [3.05, 3.63) is 29.8 Å². The van der Waals surface area contributed by atoms with Crippen LogP contribution in [0.5, 0.6) is 5.75 Å². The number of hydrogen-bond acceptors (Lipinski definition) is 4. The number of rotatable bonds is 6. The molecule has 104 valence electrons. The predicted molar refractivity (Wildman–Crippen MR) is 73.7 cm³/mol.